The number of alkyl halides is 1. The molecule has 0 saturated carbocycles. The summed E-state index contributed by atoms with van der Waals surface area (Å²) in [5.74, 6) is 1.58. The quantitative estimate of drug-likeness (QED) is 0.667. The van der Waals surface area contributed by atoms with E-state index in [0.717, 1.165) is 23.2 Å². The summed E-state index contributed by atoms with van der Waals surface area (Å²) in [6.45, 7) is 15.5. The highest BCUT2D eigenvalue weighted by molar-refractivity contribution is 9.09. The Kier molecular flexibility index (Phi) is 7.05. The lowest BCUT2D eigenvalue weighted by Crippen LogP contribution is -2.38. The molecule has 0 N–H and O–H groups in total. The average molecular weight is 305 g/mol. The highest BCUT2D eigenvalue weighted by atomic mass is 79.9. The molecule has 1 heterocycles. The number of likely N-dealkylation sites (tertiary alicyclic amines) is 1. The van der Waals surface area contributed by atoms with Crippen LogP contribution in [0.15, 0.2) is 0 Å². The average Bonchev–Trinajstić information content (AvgIpc) is 2.76. The highest BCUT2D eigenvalue weighted by Crippen LogP contribution is 2.20. The van der Waals surface area contributed by atoms with Crippen LogP contribution in [-0.2, 0) is 0 Å². The SMILES string of the molecule is CCN(CC)C1CCN(CC(CBr)C(C)C)C1. The molecule has 2 nitrogen and oxygen atoms in total. The molecule has 0 aromatic carbocycles. The van der Waals surface area contributed by atoms with E-state index < -0.39 is 0 Å². The summed E-state index contributed by atoms with van der Waals surface area (Å²) in [6, 6.07) is 0.799. The lowest BCUT2D eigenvalue weighted by Gasteiger charge is -2.28. The van der Waals surface area contributed by atoms with Crippen molar-refractivity contribution in [2.75, 3.05) is 38.1 Å². The van der Waals surface area contributed by atoms with Gasteiger partial charge in [0.25, 0.3) is 0 Å². The summed E-state index contributed by atoms with van der Waals surface area (Å²) in [5.41, 5.74) is 0. The van der Waals surface area contributed by atoms with Crippen LogP contribution in [0.5, 0.6) is 0 Å². The van der Waals surface area contributed by atoms with Crippen molar-refractivity contribution in [2.45, 2.75) is 40.2 Å². The Labute approximate surface area is 116 Å². The zero-order chi connectivity index (χ0) is 12.8. The van der Waals surface area contributed by atoms with E-state index in [1.807, 2.05) is 0 Å². The van der Waals surface area contributed by atoms with Crippen molar-refractivity contribution >= 4 is 15.9 Å². The summed E-state index contributed by atoms with van der Waals surface area (Å²) in [5, 5.41) is 1.14. The van der Waals surface area contributed by atoms with Gasteiger partial charge in [-0.15, -0.1) is 0 Å². The standard InChI is InChI=1S/C14H29BrN2/c1-5-17(6-2)14-7-8-16(11-14)10-13(9-15)12(3)4/h12-14H,5-11H2,1-4H3. The first-order valence-electron chi connectivity index (χ1n) is 7.14. The Morgan fingerprint density at radius 2 is 1.94 bits per heavy atom. The van der Waals surface area contributed by atoms with E-state index in [1.165, 1.54) is 39.1 Å². The molecule has 2 unspecified atom stereocenters. The lowest BCUT2D eigenvalue weighted by atomic mass is 9.98. The van der Waals surface area contributed by atoms with Crippen LogP contribution in [-0.4, -0.2) is 53.9 Å². The Balaban J connectivity index is 2.39. The smallest absolute Gasteiger partial charge is 0.0235 e. The maximum absolute atomic E-state index is 3.66. The maximum atomic E-state index is 3.66. The van der Waals surface area contributed by atoms with Crippen LogP contribution in [0.3, 0.4) is 0 Å². The number of hydrogen-bond acceptors (Lipinski definition) is 2. The fourth-order valence-electron chi connectivity index (χ4n) is 2.79. The van der Waals surface area contributed by atoms with Crippen LogP contribution >= 0.6 is 15.9 Å². The van der Waals surface area contributed by atoms with Gasteiger partial charge in [-0.05, 0) is 37.9 Å². The summed E-state index contributed by atoms with van der Waals surface area (Å²) in [7, 11) is 0. The fraction of sp³-hybridized carbons (Fsp3) is 1.00. The molecule has 2 atom stereocenters. The van der Waals surface area contributed by atoms with Gasteiger partial charge in [0.1, 0.15) is 0 Å². The summed E-state index contributed by atoms with van der Waals surface area (Å²) in [6.07, 6.45) is 1.36. The topological polar surface area (TPSA) is 6.48 Å². The number of halogens is 1. The van der Waals surface area contributed by atoms with Crippen molar-refractivity contribution in [2.24, 2.45) is 11.8 Å². The fourth-order valence-corrected chi connectivity index (χ4v) is 3.74. The molecular formula is C14H29BrN2. The van der Waals surface area contributed by atoms with Crippen LogP contribution in [0.1, 0.15) is 34.1 Å². The second-order valence-electron chi connectivity index (χ2n) is 5.58. The third-order valence-corrected chi connectivity index (χ3v) is 5.04. The first-order valence-corrected chi connectivity index (χ1v) is 8.26. The number of likely N-dealkylation sites (N-methyl/N-ethyl adjacent to an activating group) is 1. The van der Waals surface area contributed by atoms with Gasteiger partial charge in [-0.1, -0.05) is 43.6 Å². The van der Waals surface area contributed by atoms with Crippen molar-refractivity contribution in [3.8, 4) is 0 Å². The molecule has 1 aliphatic rings. The van der Waals surface area contributed by atoms with Crippen molar-refractivity contribution in [3.63, 3.8) is 0 Å². The minimum Gasteiger partial charge on any atom is -0.301 e. The lowest BCUT2D eigenvalue weighted by molar-refractivity contribution is 0.196. The number of nitrogens with zero attached hydrogens (tertiary/aromatic N) is 2. The monoisotopic (exact) mass is 304 g/mol. The molecule has 1 rings (SSSR count). The Morgan fingerprint density at radius 1 is 1.29 bits per heavy atom. The molecule has 17 heavy (non-hydrogen) atoms. The molecule has 1 aliphatic heterocycles. The van der Waals surface area contributed by atoms with E-state index in [0.29, 0.717) is 0 Å². The molecule has 102 valence electrons. The van der Waals surface area contributed by atoms with E-state index in [4.69, 9.17) is 0 Å². The Morgan fingerprint density at radius 3 is 2.41 bits per heavy atom. The van der Waals surface area contributed by atoms with Crippen molar-refractivity contribution in [3.05, 3.63) is 0 Å². The number of hydrogen-bond donors (Lipinski definition) is 0. The van der Waals surface area contributed by atoms with Gasteiger partial charge in [0, 0.05) is 24.5 Å². The van der Waals surface area contributed by atoms with Gasteiger partial charge >= 0.3 is 0 Å². The first-order chi connectivity index (χ1) is 8.12. The molecule has 3 heteroatoms. The molecule has 0 spiro atoms. The van der Waals surface area contributed by atoms with E-state index >= 15 is 0 Å². The third-order valence-electron chi connectivity index (χ3n) is 4.21. The highest BCUT2D eigenvalue weighted by Gasteiger charge is 2.27. The third kappa shape index (κ3) is 4.53. The van der Waals surface area contributed by atoms with E-state index in [1.54, 1.807) is 0 Å². The molecule has 1 fully saturated rings. The van der Waals surface area contributed by atoms with Gasteiger partial charge in [0.15, 0.2) is 0 Å². The maximum Gasteiger partial charge on any atom is 0.0235 e. The van der Waals surface area contributed by atoms with E-state index in [9.17, 15) is 0 Å². The van der Waals surface area contributed by atoms with Crippen molar-refractivity contribution in [1.82, 2.24) is 9.80 Å². The van der Waals surface area contributed by atoms with Crippen LogP contribution < -0.4 is 0 Å². The zero-order valence-corrected chi connectivity index (χ0v) is 13.5. The molecule has 0 radical (unpaired) electrons. The van der Waals surface area contributed by atoms with Crippen LogP contribution in [0.4, 0.5) is 0 Å². The van der Waals surface area contributed by atoms with Gasteiger partial charge < -0.3 is 4.90 Å². The molecule has 1 saturated heterocycles. The van der Waals surface area contributed by atoms with Gasteiger partial charge in [0.05, 0.1) is 0 Å². The van der Waals surface area contributed by atoms with Crippen LogP contribution in [0, 0.1) is 11.8 Å². The van der Waals surface area contributed by atoms with Crippen LogP contribution in [0.2, 0.25) is 0 Å². The van der Waals surface area contributed by atoms with Crippen molar-refractivity contribution in [1.29, 1.82) is 0 Å². The number of rotatable bonds is 7. The largest absolute Gasteiger partial charge is 0.301 e. The minimum atomic E-state index is 0.780. The second kappa shape index (κ2) is 7.75. The predicted octanol–water partition coefficient (Wildman–Crippen LogP) is 3.07. The zero-order valence-electron chi connectivity index (χ0n) is 12.0. The molecule has 0 aromatic heterocycles. The van der Waals surface area contributed by atoms with Gasteiger partial charge in [-0.2, -0.15) is 0 Å². The summed E-state index contributed by atoms with van der Waals surface area (Å²) >= 11 is 3.66. The van der Waals surface area contributed by atoms with Gasteiger partial charge in [-0.25, -0.2) is 0 Å². The summed E-state index contributed by atoms with van der Waals surface area (Å²) < 4.78 is 0. The Hall–Kier alpha value is 0.400. The van der Waals surface area contributed by atoms with Gasteiger partial charge in [0.2, 0.25) is 0 Å². The molecule has 0 amide bonds. The molecule has 0 aliphatic carbocycles. The minimum absolute atomic E-state index is 0.780. The molecular weight excluding hydrogens is 276 g/mol. The normalized spacial score (nSPS) is 23.8. The van der Waals surface area contributed by atoms with Crippen LogP contribution in [0.25, 0.3) is 0 Å². The van der Waals surface area contributed by atoms with Crippen molar-refractivity contribution < 1.29 is 0 Å². The Bertz CT molecular complexity index is 204. The molecule has 0 aromatic rings. The van der Waals surface area contributed by atoms with Gasteiger partial charge in [-0.3, -0.25) is 4.90 Å². The van der Waals surface area contributed by atoms with E-state index in [-0.39, 0.29) is 0 Å². The van der Waals surface area contributed by atoms with E-state index in [2.05, 4.69) is 53.4 Å². The first kappa shape index (κ1) is 15.5. The second-order valence-corrected chi connectivity index (χ2v) is 6.23. The summed E-state index contributed by atoms with van der Waals surface area (Å²) in [4.78, 5) is 5.27. The predicted molar refractivity (Wildman–Crippen MR) is 79.9 cm³/mol. The molecule has 0 bridgehead atoms.